The summed E-state index contributed by atoms with van der Waals surface area (Å²) in [4.78, 5) is 8.77. The summed E-state index contributed by atoms with van der Waals surface area (Å²) in [5, 5.41) is 20.9. The van der Waals surface area contributed by atoms with E-state index >= 15 is 0 Å². The molecule has 0 spiro atoms. The Balaban J connectivity index is 1.63. The van der Waals surface area contributed by atoms with Gasteiger partial charge in [0.1, 0.15) is 17.2 Å². The Morgan fingerprint density at radius 3 is 2.73 bits per heavy atom. The number of thiophene rings is 1. The number of aromatic nitrogens is 1. The number of rotatable bonds is 8. The summed E-state index contributed by atoms with van der Waals surface area (Å²) in [6.45, 7) is 5.17. The van der Waals surface area contributed by atoms with Crippen molar-refractivity contribution in [1.29, 1.82) is 0 Å². The molecule has 0 radical (unpaired) electrons. The molecular weight excluding hydrogens is 403 g/mol. The van der Waals surface area contributed by atoms with Crippen LogP contribution in [0.2, 0.25) is 0 Å². The van der Waals surface area contributed by atoms with Gasteiger partial charge in [-0.3, -0.25) is 0 Å². The maximum atomic E-state index is 13.0. The van der Waals surface area contributed by atoms with Crippen LogP contribution in [0.1, 0.15) is 25.0 Å². The largest absolute Gasteiger partial charge is 0.439 e. The van der Waals surface area contributed by atoms with Crippen molar-refractivity contribution in [3.63, 3.8) is 0 Å². The standard InChI is InChI=1S/C22H25FN4O2S/c1-3-24-21(27-15-22(2,28)17-9-11-30-14-17)26-13-16-8-10-25-20(12-16)29-19-6-4-18(23)5-7-19/h4-12,14,28H,3,13,15H2,1-2H3,(H2,24,26,27). The third kappa shape index (κ3) is 6.27. The number of hydrogen-bond donors (Lipinski definition) is 3. The van der Waals surface area contributed by atoms with Gasteiger partial charge in [-0.1, -0.05) is 0 Å². The van der Waals surface area contributed by atoms with Gasteiger partial charge in [0.25, 0.3) is 0 Å². The van der Waals surface area contributed by atoms with E-state index in [1.165, 1.54) is 12.1 Å². The van der Waals surface area contributed by atoms with Crippen LogP contribution >= 0.6 is 11.3 Å². The van der Waals surface area contributed by atoms with Crippen molar-refractivity contribution in [2.24, 2.45) is 4.99 Å². The molecule has 0 saturated carbocycles. The van der Waals surface area contributed by atoms with Gasteiger partial charge in [-0.05, 0) is 72.1 Å². The fourth-order valence-electron chi connectivity index (χ4n) is 2.67. The molecule has 3 rings (SSSR count). The minimum absolute atomic E-state index is 0.320. The molecule has 0 saturated heterocycles. The van der Waals surface area contributed by atoms with Gasteiger partial charge in [-0.25, -0.2) is 14.4 Å². The predicted molar refractivity (Wildman–Crippen MR) is 117 cm³/mol. The lowest BCUT2D eigenvalue weighted by atomic mass is 9.99. The molecule has 1 unspecified atom stereocenters. The average Bonchev–Trinajstić information content (AvgIpc) is 3.28. The average molecular weight is 429 g/mol. The van der Waals surface area contributed by atoms with Crippen molar-refractivity contribution in [2.75, 3.05) is 13.1 Å². The van der Waals surface area contributed by atoms with Crippen LogP contribution in [0.15, 0.2) is 64.4 Å². The number of hydrogen-bond acceptors (Lipinski definition) is 5. The van der Waals surface area contributed by atoms with Crippen LogP contribution in [-0.2, 0) is 12.1 Å². The number of ether oxygens (including phenoxy) is 1. The minimum Gasteiger partial charge on any atom is -0.439 e. The summed E-state index contributed by atoms with van der Waals surface area (Å²) >= 11 is 1.55. The molecule has 3 N–H and O–H groups in total. The van der Waals surface area contributed by atoms with E-state index in [0.29, 0.717) is 37.2 Å². The third-order valence-corrected chi connectivity index (χ3v) is 5.03. The van der Waals surface area contributed by atoms with E-state index < -0.39 is 5.60 Å². The fourth-order valence-corrected chi connectivity index (χ4v) is 3.45. The molecule has 6 nitrogen and oxygen atoms in total. The predicted octanol–water partition coefficient (Wildman–Crippen LogP) is 4.04. The van der Waals surface area contributed by atoms with Gasteiger partial charge < -0.3 is 20.5 Å². The summed E-state index contributed by atoms with van der Waals surface area (Å²) in [6, 6.07) is 11.3. The highest BCUT2D eigenvalue weighted by Gasteiger charge is 2.23. The summed E-state index contributed by atoms with van der Waals surface area (Å²) in [6.07, 6.45) is 1.64. The molecule has 0 aliphatic carbocycles. The molecule has 0 aliphatic heterocycles. The second-order valence-corrected chi connectivity index (χ2v) is 7.67. The second kappa shape index (κ2) is 10.2. The zero-order valence-electron chi connectivity index (χ0n) is 16.9. The number of aliphatic imine (C=N–C) groups is 1. The highest BCUT2D eigenvalue weighted by Crippen LogP contribution is 2.22. The van der Waals surface area contributed by atoms with Gasteiger partial charge in [-0.15, -0.1) is 0 Å². The molecule has 0 fully saturated rings. The SMILES string of the molecule is CCNC(=NCc1ccnc(Oc2ccc(F)cc2)c1)NCC(C)(O)c1ccsc1. The van der Waals surface area contributed by atoms with Crippen LogP contribution in [0.25, 0.3) is 0 Å². The second-order valence-electron chi connectivity index (χ2n) is 6.89. The van der Waals surface area contributed by atoms with Crippen LogP contribution in [0.5, 0.6) is 11.6 Å². The minimum atomic E-state index is -0.997. The Morgan fingerprint density at radius 2 is 2.03 bits per heavy atom. The maximum absolute atomic E-state index is 13.0. The van der Waals surface area contributed by atoms with E-state index in [2.05, 4.69) is 20.6 Å². The lowest BCUT2D eigenvalue weighted by Gasteiger charge is -2.24. The molecule has 1 atom stereocenters. The van der Waals surface area contributed by atoms with Crippen molar-refractivity contribution >= 4 is 17.3 Å². The number of nitrogens with zero attached hydrogens (tertiary/aromatic N) is 2. The normalized spacial score (nSPS) is 13.5. The van der Waals surface area contributed by atoms with Crippen molar-refractivity contribution in [3.8, 4) is 11.6 Å². The number of guanidine groups is 1. The molecule has 1 aromatic carbocycles. The summed E-state index contributed by atoms with van der Waals surface area (Å²) in [7, 11) is 0. The number of pyridine rings is 1. The van der Waals surface area contributed by atoms with Gasteiger partial charge in [0.15, 0.2) is 5.96 Å². The highest BCUT2D eigenvalue weighted by molar-refractivity contribution is 7.08. The molecule has 2 heterocycles. The topological polar surface area (TPSA) is 78.8 Å². The molecule has 3 aromatic rings. The summed E-state index contributed by atoms with van der Waals surface area (Å²) < 4.78 is 18.7. The van der Waals surface area contributed by atoms with Gasteiger partial charge in [0.2, 0.25) is 5.88 Å². The van der Waals surface area contributed by atoms with Crippen LogP contribution in [-0.4, -0.2) is 29.1 Å². The lowest BCUT2D eigenvalue weighted by molar-refractivity contribution is 0.0621. The summed E-state index contributed by atoms with van der Waals surface area (Å²) in [5.41, 5.74) is 0.778. The Kier molecular flexibility index (Phi) is 7.37. The lowest BCUT2D eigenvalue weighted by Crippen LogP contribution is -2.44. The van der Waals surface area contributed by atoms with Crippen LogP contribution in [0, 0.1) is 5.82 Å². The highest BCUT2D eigenvalue weighted by atomic mass is 32.1. The van der Waals surface area contributed by atoms with E-state index in [0.717, 1.165) is 11.1 Å². The number of benzene rings is 1. The van der Waals surface area contributed by atoms with Crippen molar-refractivity contribution in [2.45, 2.75) is 26.0 Å². The van der Waals surface area contributed by atoms with Crippen molar-refractivity contribution in [1.82, 2.24) is 15.6 Å². The first kappa shape index (κ1) is 21.7. The van der Waals surface area contributed by atoms with E-state index in [1.54, 1.807) is 42.7 Å². The van der Waals surface area contributed by atoms with E-state index in [-0.39, 0.29) is 5.82 Å². The molecule has 0 aliphatic rings. The molecular formula is C22H25FN4O2S. The fraction of sp³-hybridized carbons (Fsp3) is 0.273. The van der Waals surface area contributed by atoms with E-state index in [4.69, 9.17) is 4.74 Å². The molecule has 158 valence electrons. The smallest absolute Gasteiger partial charge is 0.219 e. The zero-order valence-corrected chi connectivity index (χ0v) is 17.7. The first-order valence-electron chi connectivity index (χ1n) is 9.62. The Labute approximate surface area is 179 Å². The summed E-state index contributed by atoms with van der Waals surface area (Å²) in [5.74, 6) is 1.20. The van der Waals surface area contributed by atoms with E-state index in [1.807, 2.05) is 29.8 Å². The van der Waals surface area contributed by atoms with Gasteiger partial charge in [0, 0.05) is 18.8 Å². The third-order valence-electron chi connectivity index (χ3n) is 4.34. The number of aliphatic hydroxyl groups is 1. The first-order valence-corrected chi connectivity index (χ1v) is 10.6. The number of halogens is 1. The monoisotopic (exact) mass is 428 g/mol. The zero-order chi connectivity index (χ0) is 21.4. The molecule has 0 bridgehead atoms. The molecule has 0 amide bonds. The first-order chi connectivity index (χ1) is 14.5. The Morgan fingerprint density at radius 1 is 1.23 bits per heavy atom. The van der Waals surface area contributed by atoms with Crippen LogP contribution in [0.4, 0.5) is 4.39 Å². The quantitative estimate of drug-likeness (QED) is 0.373. The maximum Gasteiger partial charge on any atom is 0.219 e. The molecule has 2 aromatic heterocycles. The van der Waals surface area contributed by atoms with E-state index in [9.17, 15) is 9.50 Å². The number of nitrogens with one attached hydrogen (secondary N) is 2. The van der Waals surface area contributed by atoms with Crippen LogP contribution in [0.3, 0.4) is 0 Å². The van der Waals surface area contributed by atoms with Gasteiger partial charge in [0.05, 0.1) is 13.1 Å². The van der Waals surface area contributed by atoms with Crippen LogP contribution < -0.4 is 15.4 Å². The van der Waals surface area contributed by atoms with Gasteiger partial charge >= 0.3 is 0 Å². The van der Waals surface area contributed by atoms with Crippen molar-refractivity contribution in [3.05, 3.63) is 76.4 Å². The van der Waals surface area contributed by atoms with Gasteiger partial charge in [-0.2, -0.15) is 11.3 Å². The Hall–Kier alpha value is -2.97. The molecule has 8 heteroatoms. The Bertz CT molecular complexity index is 960. The molecule has 30 heavy (non-hydrogen) atoms. The van der Waals surface area contributed by atoms with Crippen molar-refractivity contribution < 1.29 is 14.2 Å².